The highest BCUT2D eigenvalue weighted by Crippen LogP contribution is 2.43. The maximum atomic E-state index is 14.7. The van der Waals surface area contributed by atoms with Crippen molar-refractivity contribution in [2.24, 2.45) is 0 Å². The summed E-state index contributed by atoms with van der Waals surface area (Å²) in [6, 6.07) is 7.88. The molecule has 14 heteroatoms. The molecule has 0 bridgehead atoms. The Morgan fingerprint density at radius 3 is 2.70 bits per heavy atom. The zero-order valence-corrected chi connectivity index (χ0v) is 25.9. The van der Waals surface area contributed by atoms with Crippen LogP contribution in [0.15, 0.2) is 47.4 Å². The number of nitriles is 1. The molecule has 1 atom stereocenters. The number of anilines is 3. The molecule has 4 aromatic rings. The van der Waals surface area contributed by atoms with E-state index in [1.165, 1.54) is 11.2 Å². The minimum atomic E-state index is -1.09. The molecule has 2 N–H and O–H groups in total. The molecule has 0 aliphatic carbocycles. The molecule has 1 amide bonds. The molecule has 6 rings (SSSR count). The lowest BCUT2D eigenvalue weighted by Crippen LogP contribution is -2.60. The number of rotatable bonds is 9. The van der Waals surface area contributed by atoms with E-state index in [1.807, 2.05) is 16.7 Å². The van der Waals surface area contributed by atoms with Gasteiger partial charge in [-0.1, -0.05) is 25.1 Å². The Labute approximate surface area is 268 Å². The Morgan fingerprint density at radius 1 is 1.22 bits per heavy atom. The SMILES string of the molecule is C=C(F)C(=O)N1CCN(c2nc(N3CC(N(CC)CCF)C3)nc3cc(-c4cc(N)cc(F)c4Cl)c4ccoc4c23)C[C@@H]1CC#N. The number of nitrogen functional groups attached to an aromatic ring is 1. The Bertz CT molecular complexity index is 1870. The molecule has 4 heterocycles. The van der Waals surface area contributed by atoms with Gasteiger partial charge in [0.1, 0.15) is 23.9 Å². The fourth-order valence-corrected chi connectivity index (χ4v) is 6.62. The molecule has 0 unspecified atom stereocenters. The summed E-state index contributed by atoms with van der Waals surface area (Å²) < 4.78 is 47.8. The van der Waals surface area contributed by atoms with E-state index in [2.05, 4.69) is 17.5 Å². The van der Waals surface area contributed by atoms with Crippen LogP contribution < -0.4 is 15.5 Å². The van der Waals surface area contributed by atoms with E-state index in [0.717, 1.165) is 6.07 Å². The van der Waals surface area contributed by atoms with E-state index in [-0.39, 0.29) is 42.8 Å². The number of hydrogen-bond donors (Lipinski definition) is 1. The van der Waals surface area contributed by atoms with Gasteiger partial charge in [-0.3, -0.25) is 9.69 Å². The number of nitrogens with zero attached hydrogens (tertiary/aromatic N) is 7. The van der Waals surface area contributed by atoms with Crippen molar-refractivity contribution < 1.29 is 22.4 Å². The third-order valence-corrected chi connectivity index (χ3v) is 9.14. The van der Waals surface area contributed by atoms with Gasteiger partial charge in [0, 0.05) is 61.9 Å². The third kappa shape index (κ3) is 5.56. The second-order valence-corrected chi connectivity index (χ2v) is 11.8. The summed E-state index contributed by atoms with van der Waals surface area (Å²) >= 11 is 6.44. The van der Waals surface area contributed by atoms with Gasteiger partial charge in [-0.2, -0.15) is 10.2 Å². The molecule has 240 valence electrons. The van der Waals surface area contributed by atoms with E-state index in [9.17, 15) is 23.2 Å². The van der Waals surface area contributed by atoms with Crippen molar-refractivity contribution in [3.8, 4) is 17.2 Å². The molecule has 10 nitrogen and oxygen atoms in total. The zero-order chi connectivity index (χ0) is 32.7. The topological polar surface area (TPSA) is 119 Å². The van der Waals surface area contributed by atoms with E-state index in [0.29, 0.717) is 70.9 Å². The van der Waals surface area contributed by atoms with Gasteiger partial charge >= 0.3 is 0 Å². The Hall–Kier alpha value is -4.54. The van der Waals surface area contributed by atoms with Crippen molar-refractivity contribution in [3.63, 3.8) is 0 Å². The first-order valence-electron chi connectivity index (χ1n) is 14.9. The monoisotopic (exact) mass is 652 g/mol. The molecule has 0 radical (unpaired) electrons. The normalized spacial score (nSPS) is 17.2. The van der Waals surface area contributed by atoms with Gasteiger partial charge in [-0.25, -0.2) is 18.2 Å². The smallest absolute Gasteiger partial charge is 0.282 e. The van der Waals surface area contributed by atoms with Crippen LogP contribution in [0.5, 0.6) is 0 Å². The number of carbonyl (C=O) groups is 1. The molecular weight excluding hydrogens is 621 g/mol. The van der Waals surface area contributed by atoms with Gasteiger partial charge in [0.05, 0.1) is 40.7 Å². The number of alkyl halides is 1. The molecule has 2 aromatic heterocycles. The van der Waals surface area contributed by atoms with Crippen LogP contribution in [0.25, 0.3) is 33.0 Å². The van der Waals surface area contributed by atoms with Crippen LogP contribution in [0, 0.1) is 17.1 Å². The molecule has 0 spiro atoms. The Kier molecular flexibility index (Phi) is 8.67. The largest absolute Gasteiger partial charge is 0.463 e. The first-order valence-corrected chi connectivity index (χ1v) is 15.3. The summed E-state index contributed by atoms with van der Waals surface area (Å²) in [6.07, 6.45) is 1.48. The molecule has 46 heavy (non-hydrogen) atoms. The van der Waals surface area contributed by atoms with Crippen molar-refractivity contribution in [1.29, 1.82) is 5.26 Å². The number of amides is 1. The average molecular weight is 653 g/mol. The van der Waals surface area contributed by atoms with Crippen LogP contribution >= 0.6 is 11.6 Å². The fourth-order valence-electron chi connectivity index (χ4n) is 6.41. The van der Waals surface area contributed by atoms with Crippen molar-refractivity contribution in [3.05, 3.63) is 53.8 Å². The summed E-state index contributed by atoms with van der Waals surface area (Å²) in [4.78, 5) is 29.8. The van der Waals surface area contributed by atoms with Crippen LogP contribution in [-0.2, 0) is 4.79 Å². The number of aromatic nitrogens is 2. The number of carbonyl (C=O) groups excluding carboxylic acids is 1. The second-order valence-electron chi connectivity index (χ2n) is 11.4. The van der Waals surface area contributed by atoms with E-state index in [4.69, 9.17) is 31.7 Å². The summed E-state index contributed by atoms with van der Waals surface area (Å²) in [6.45, 7) is 7.51. The van der Waals surface area contributed by atoms with Crippen LogP contribution in [0.4, 0.5) is 30.6 Å². The Balaban J connectivity index is 1.50. The summed E-state index contributed by atoms with van der Waals surface area (Å²) in [5, 5.41) is 10.6. The molecule has 2 fully saturated rings. The number of nitrogens with two attached hydrogens (primary N) is 1. The standard InChI is InChI=1S/C32H32ClF3N8O2/c1-3-41(8-6-34)21-16-43(17-21)32-39-26-14-23(24-12-19(38)13-25(36)28(24)33)22-5-11-46-29(22)27(26)30(40-32)42-9-10-44(31(45)18(2)35)20(15-42)4-7-37/h5,11-14,20-21H,2-4,6,8-10,15-17,38H2,1H3/t20-/m0/s1. The van der Waals surface area contributed by atoms with Crippen LogP contribution in [0.3, 0.4) is 0 Å². The van der Waals surface area contributed by atoms with Gasteiger partial charge < -0.3 is 24.9 Å². The van der Waals surface area contributed by atoms with Gasteiger partial charge in [-0.05, 0) is 36.4 Å². The number of benzene rings is 2. The number of hydrogen-bond acceptors (Lipinski definition) is 9. The Morgan fingerprint density at radius 2 is 2.00 bits per heavy atom. The van der Waals surface area contributed by atoms with E-state index in [1.54, 1.807) is 18.2 Å². The van der Waals surface area contributed by atoms with Crippen molar-refractivity contribution >= 4 is 56.8 Å². The zero-order valence-electron chi connectivity index (χ0n) is 25.1. The summed E-state index contributed by atoms with van der Waals surface area (Å²) in [7, 11) is 0. The number of likely N-dealkylation sites (N-methyl/N-ethyl adjacent to an activating group) is 1. The molecule has 2 saturated heterocycles. The lowest BCUT2D eigenvalue weighted by atomic mass is 9.98. The van der Waals surface area contributed by atoms with Crippen molar-refractivity contribution in [1.82, 2.24) is 19.8 Å². The predicted octanol–water partition coefficient (Wildman–Crippen LogP) is 5.31. The first-order chi connectivity index (χ1) is 22.1. The van der Waals surface area contributed by atoms with Crippen LogP contribution in [-0.4, -0.2) is 90.2 Å². The van der Waals surface area contributed by atoms with Crippen molar-refractivity contribution in [2.75, 3.05) is 68.0 Å². The average Bonchev–Trinajstić information content (AvgIpc) is 3.51. The highest BCUT2D eigenvalue weighted by molar-refractivity contribution is 6.34. The maximum Gasteiger partial charge on any atom is 0.282 e. The molecule has 2 aliphatic heterocycles. The highest BCUT2D eigenvalue weighted by atomic mass is 35.5. The van der Waals surface area contributed by atoms with E-state index < -0.39 is 30.3 Å². The van der Waals surface area contributed by atoms with Crippen LogP contribution in [0.2, 0.25) is 5.02 Å². The lowest BCUT2D eigenvalue weighted by Gasteiger charge is -2.45. The quantitative estimate of drug-likeness (QED) is 0.190. The number of piperazine rings is 1. The van der Waals surface area contributed by atoms with Crippen LogP contribution in [0.1, 0.15) is 13.3 Å². The predicted molar refractivity (Wildman–Crippen MR) is 172 cm³/mol. The minimum absolute atomic E-state index is 0.0274. The molecule has 0 saturated carbocycles. The molecule has 2 aromatic carbocycles. The number of furan rings is 1. The number of fused-ring (bicyclic) bond motifs is 3. The van der Waals surface area contributed by atoms with Gasteiger partial charge in [0.2, 0.25) is 5.95 Å². The van der Waals surface area contributed by atoms with Gasteiger partial charge in [0.15, 0.2) is 5.83 Å². The minimum Gasteiger partial charge on any atom is -0.463 e. The summed E-state index contributed by atoms with van der Waals surface area (Å²) in [5.74, 6) is -1.68. The summed E-state index contributed by atoms with van der Waals surface area (Å²) in [5.41, 5.74) is 8.05. The van der Waals surface area contributed by atoms with Gasteiger partial charge in [0.25, 0.3) is 5.91 Å². The fraction of sp³-hybridized carbons (Fsp3) is 0.375. The highest BCUT2D eigenvalue weighted by Gasteiger charge is 2.36. The second kappa shape index (κ2) is 12.7. The van der Waals surface area contributed by atoms with Crippen molar-refractivity contribution in [2.45, 2.75) is 25.4 Å². The molecule has 2 aliphatic rings. The lowest BCUT2D eigenvalue weighted by molar-refractivity contribution is -0.131. The molecular formula is C32H32ClF3N8O2. The third-order valence-electron chi connectivity index (χ3n) is 8.75. The maximum absolute atomic E-state index is 14.7. The van der Waals surface area contributed by atoms with E-state index >= 15 is 0 Å². The van der Waals surface area contributed by atoms with Gasteiger partial charge in [-0.15, -0.1) is 0 Å². The first kappa shape index (κ1) is 31.4. The number of halogens is 4.